The van der Waals surface area contributed by atoms with Gasteiger partial charge in [-0.2, -0.15) is 0 Å². The van der Waals surface area contributed by atoms with E-state index in [1.807, 2.05) is 65.8 Å². The van der Waals surface area contributed by atoms with E-state index in [-0.39, 0.29) is 17.9 Å². The van der Waals surface area contributed by atoms with Gasteiger partial charge in [-0.1, -0.05) is 23.8 Å². The number of carbonyl (C=O) groups excluding carboxylic acids is 2. The number of aryl methyl sites for hydroxylation is 1. The van der Waals surface area contributed by atoms with Crippen LogP contribution in [0.3, 0.4) is 0 Å². The Balaban J connectivity index is 1.48. The van der Waals surface area contributed by atoms with Gasteiger partial charge in [-0.25, -0.2) is 4.98 Å². The highest BCUT2D eigenvalue weighted by Gasteiger charge is 2.31. The lowest BCUT2D eigenvalue weighted by Crippen LogP contribution is -2.41. The molecule has 0 spiro atoms. The van der Waals surface area contributed by atoms with E-state index < -0.39 is 0 Å². The highest BCUT2D eigenvalue weighted by Crippen LogP contribution is 2.26. The second-order valence-electron chi connectivity index (χ2n) is 7.23. The molecule has 1 N–H and O–H groups in total. The molecule has 0 saturated heterocycles. The van der Waals surface area contributed by atoms with Crippen LogP contribution in [0.1, 0.15) is 50.9 Å². The first kappa shape index (κ1) is 18.9. The number of aromatic nitrogens is 3. The third-order valence-corrected chi connectivity index (χ3v) is 5.15. The summed E-state index contributed by atoms with van der Waals surface area (Å²) in [6, 6.07) is 12.9. The molecule has 0 bridgehead atoms. The zero-order valence-electron chi connectivity index (χ0n) is 16.5. The van der Waals surface area contributed by atoms with Crippen LogP contribution in [0.15, 0.2) is 54.9 Å². The van der Waals surface area contributed by atoms with Gasteiger partial charge in [-0.15, -0.1) is 0 Å². The van der Waals surface area contributed by atoms with Crippen LogP contribution in [0.2, 0.25) is 0 Å². The molecule has 4 rings (SSSR count). The Morgan fingerprint density at radius 2 is 2.03 bits per heavy atom. The van der Waals surface area contributed by atoms with Gasteiger partial charge >= 0.3 is 0 Å². The molecule has 1 unspecified atom stereocenters. The van der Waals surface area contributed by atoms with Gasteiger partial charge in [0, 0.05) is 31.0 Å². The van der Waals surface area contributed by atoms with E-state index in [1.54, 1.807) is 12.4 Å². The first-order valence-corrected chi connectivity index (χ1v) is 9.66. The largest absolute Gasteiger partial charge is 0.345 e. The molecule has 7 heteroatoms. The topological polar surface area (TPSA) is 80.1 Å². The Morgan fingerprint density at radius 3 is 2.79 bits per heavy atom. The summed E-state index contributed by atoms with van der Waals surface area (Å²) < 4.78 is 1.96. The smallest absolute Gasteiger partial charge is 0.271 e. The van der Waals surface area contributed by atoms with Crippen molar-refractivity contribution in [3.63, 3.8) is 0 Å². The first-order chi connectivity index (χ1) is 14.0. The van der Waals surface area contributed by atoms with Crippen LogP contribution in [-0.2, 0) is 13.1 Å². The van der Waals surface area contributed by atoms with Crippen LogP contribution >= 0.6 is 0 Å². The maximum atomic E-state index is 13.0. The molecule has 0 radical (unpaired) electrons. The molecule has 3 aromatic rings. The summed E-state index contributed by atoms with van der Waals surface area (Å²) in [5, 5.41) is 2.85. The van der Waals surface area contributed by atoms with Crippen molar-refractivity contribution in [1.82, 2.24) is 24.8 Å². The highest BCUT2D eigenvalue weighted by atomic mass is 16.2. The minimum Gasteiger partial charge on any atom is -0.345 e. The van der Waals surface area contributed by atoms with Crippen molar-refractivity contribution >= 4 is 11.8 Å². The molecule has 1 aliphatic heterocycles. The zero-order chi connectivity index (χ0) is 20.4. The average Bonchev–Trinajstić information content (AvgIpc) is 3.18. The first-order valence-electron chi connectivity index (χ1n) is 9.66. The third-order valence-electron chi connectivity index (χ3n) is 5.15. The molecule has 0 fully saturated rings. The van der Waals surface area contributed by atoms with Crippen LogP contribution in [-0.4, -0.2) is 37.8 Å². The maximum Gasteiger partial charge on any atom is 0.271 e. The molecule has 0 saturated carbocycles. The molecule has 1 aromatic carbocycles. The van der Waals surface area contributed by atoms with Gasteiger partial charge in [-0.3, -0.25) is 14.6 Å². The maximum absolute atomic E-state index is 13.0. The van der Waals surface area contributed by atoms with Crippen molar-refractivity contribution in [1.29, 1.82) is 0 Å². The second-order valence-corrected chi connectivity index (χ2v) is 7.23. The predicted molar refractivity (Wildman–Crippen MR) is 108 cm³/mol. The van der Waals surface area contributed by atoms with Crippen LogP contribution < -0.4 is 5.32 Å². The molecule has 1 aliphatic rings. The van der Waals surface area contributed by atoms with E-state index >= 15 is 0 Å². The van der Waals surface area contributed by atoms with Crippen molar-refractivity contribution in [3.05, 3.63) is 83.2 Å². The normalized spacial score (nSPS) is 15.7. The number of amides is 2. The number of hydrogen-bond donors (Lipinski definition) is 1. The van der Waals surface area contributed by atoms with Crippen LogP contribution in [0, 0.1) is 6.92 Å². The van der Waals surface area contributed by atoms with Crippen LogP contribution in [0.4, 0.5) is 0 Å². The fourth-order valence-corrected chi connectivity index (χ4v) is 3.59. The molecule has 29 heavy (non-hydrogen) atoms. The summed E-state index contributed by atoms with van der Waals surface area (Å²) in [5.74, 6) is 0.457. The summed E-state index contributed by atoms with van der Waals surface area (Å²) in [6.45, 7) is 5.44. The van der Waals surface area contributed by atoms with Crippen LogP contribution in [0.5, 0.6) is 0 Å². The van der Waals surface area contributed by atoms with Gasteiger partial charge in [0.25, 0.3) is 11.8 Å². The SMILES string of the molecule is Cc1cccc(C(=O)N2CCn3cc(C(=O)NCc4ccccn4)nc3C2C)c1. The summed E-state index contributed by atoms with van der Waals surface area (Å²) in [6.07, 6.45) is 3.45. The van der Waals surface area contributed by atoms with Gasteiger partial charge in [0.05, 0.1) is 18.3 Å². The predicted octanol–water partition coefficient (Wildman–Crippen LogP) is 2.73. The number of nitrogens with zero attached hydrogens (tertiary/aromatic N) is 4. The number of imidazole rings is 1. The summed E-state index contributed by atoms with van der Waals surface area (Å²) in [7, 11) is 0. The van der Waals surface area contributed by atoms with Crippen molar-refractivity contribution in [2.45, 2.75) is 33.0 Å². The van der Waals surface area contributed by atoms with E-state index in [2.05, 4.69) is 15.3 Å². The summed E-state index contributed by atoms with van der Waals surface area (Å²) in [5.41, 5.74) is 2.86. The van der Waals surface area contributed by atoms with E-state index in [0.29, 0.717) is 30.9 Å². The van der Waals surface area contributed by atoms with Crippen molar-refractivity contribution in [2.75, 3.05) is 6.54 Å². The molecule has 2 aromatic heterocycles. The minimum atomic E-state index is -0.249. The molecular weight excluding hydrogens is 366 g/mol. The zero-order valence-corrected chi connectivity index (χ0v) is 16.5. The van der Waals surface area contributed by atoms with E-state index in [1.165, 1.54) is 0 Å². The lowest BCUT2D eigenvalue weighted by molar-refractivity contribution is 0.0637. The molecule has 3 heterocycles. The molecule has 7 nitrogen and oxygen atoms in total. The van der Waals surface area contributed by atoms with Gasteiger partial charge in [0.2, 0.25) is 0 Å². The van der Waals surface area contributed by atoms with Gasteiger partial charge in [0.1, 0.15) is 11.5 Å². The Bertz CT molecular complexity index is 1040. The number of nitrogens with one attached hydrogen (secondary N) is 1. The molecule has 2 amide bonds. The monoisotopic (exact) mass is 389 g/mol. The van der Waals surface area contributed by atoms with Crippen molar-refractivity contribution in [2.24, 2.45) is 0 Å². The minimum absolute atomic E-state index is 0.0170. The van der Waals surface area contributed by atoms with Gasteiger partial charge in [0.15, 0.2) is 0 Å². The van der Waals surface area contributed by atoms with Crippen LogP contribution in [0.25, 0.3) is 0 Å². The fraction of sp³-hybridized carbons (Fsp3) is 0.273. The number of carbonyl (C=O) groups is 2. The Labute approximate surface area is 169 Å². The van der Waals surface area contributed by atoms with Crippen molar-refractivity contribution in [3.8, 4) is 0 Å². The summed E-state index contributed by atoms with van der Waals surface area (Å²) in [4.78, 5) is 36.0. The van der Waals surface area contributed by atoms with E-state index in [0.717, 1.165) is 17.1 Å². The molecule has 148 valence electrons. The fourth-order valence-electron chi connectivity index (χ4n) is 3.59. The number of fused-ring (bicyclic) bond motifs is 1. The second kappa shape index (κ2) is 7.87. The third kappa shape index (κ3) is 3.89. The standard InChI is InChI=1S/C22H23N5O2/c1-15-6-5-7-17(12-15)22(29)27-11-10-26-14-19(25-20(26)16(27)2)21(28)24-13-18-8-3-4-9-23-18/h3-9,12,14,16H,10-11,13H2,1-2H3,(H,24,28). The number of rotatable bonds is 4. The van der Waals surface area contributed by atoms with E-state index in [4.69, 9.17) is 0 Å². The Kier molecular flexibility index (Phi) is 5.12. The molecule has 1 atom stereocenters. The quantitative estimate of drug-likeness (QED) is 0.744. The number of benzene rings is 1. The average molecular weight is 389 g/mol. The molecular formula is C22H23N5O2. The van der Waals surface area contributed by atoms with Gasteiger partial charge < -0.3 is 14.8 Å². The highest BCUT2D eigenvalue weighted by molar-refractivity contribution is 5.95. The van der Waals surface area contributed by atoms with Crippen molar-refractivity contribution < 1.29 is 9.59 Å². The van der Waals surface area contributed by atoms with Gasteiger partial charge in [-0.05, 0) is 38.1 Å². The Morgan fingerprint density at radius 1 is 1.17 bits per heavy atom. The summed E-state index contributed by atoms with van der Waals surface area (Å²) >= 11 is 0. The lowest BCUT2D eigenvalue weighted by atomic mass is 10.1. The Hall–Kier alpha value is -3.48. The number of pyridine rings is 1. The van der Waals surface area contributed by atoms with E-state index in [9.17, 15) is 9.59 Å². The lowest BCUT2D eigenvalue weighted by Gasteiger charge is -2.33. The molecule has 0 aliphatic carbocycles. The number of hydrogen-bond acceptors (Lipinski definition) is 4.